The Labute approximate surface area is 199 Å². The van der Waals surface area contributed by atoms with Crippen LogP contribution in [0, 0.1) is 0 Å². The zero-order valence-electron chi connectivity index (χ0n) is 19.7. The summed E-state index contributed by atoms with van der Waals surface area (Å²) in [7, 11) is 1.57. The third kappa shape index (κ3) is 5.03. The third-order valence-electron chi connectivity index (χ3n) is 5.78. The van der Waals surface area contributed by atoms with Gasteiger partial charge in [0, 0.05) is 5.70 Å². The summed E-state index contributed by atoms with van der Waals surface area (Å²) in [4.78, 5) is 13.5. The number of unbranched alkanes of at least 4 members (excludes halogenated alkanes) is 3. The second-order valence-corrected chi connectivity index (χ2v) is 8.15. The number of amides is 1. The topological polar surface area (TPSA) is 103 Å². The molecule has 2 heterocycles. The largest absolute Gasteiger partial charge is 0.495 e. The van der Waals surface area contributed by atoms with E-state index in [1.54, 1.807) is 23.9 Å². The van der Waals surface area contributed by atoms with E-state index in [9.17, 15) is 4.79 Å². The van der Waals surface area contributed by atoms with Crippen molar-refractivity contribution >= 4 is 17.5 Å². The second kappa shape index (κ2) is 10.8. The van der Waals surface area contributed by atoms with Crippen molar-refractivity contribution in [1.29, 1.82) is 0 Å². The van der Waals surface area contributed by atoms with Gasteiger partial charge in [0.05, 0.1) is 25.0 Å². The first-order valence-electron chi connectivity index (χ1n) is 11.5. The molecule has 4 rings (SSSR count). The number of anilines is 2. The van der Waals surface area contributed by atoms with Crippen LogP contribution in [0.1, 0.15) is 51.1 Å². The lowest BCUT2D eigenvalue weighted by Gasteiger charge is -2.28. The smallest absolute Gasteiger partial charge is 0.255 e. The van der Waals surface area contributed by atoms with Gasteiger partial charge in [0.2, 0.25) is 5.95 Å². The number of methoxy groups -OCH3 is 1. The number of carbonyl (C=O) groups excluding carboxylic acids is 1. The average molecular weight is 463 g/mol. The maximum Gasteiger partial charge on any atom is 0.255 e. The Bertz CT molecular complexity index is 1160. The molecule has 0 saturated carbocycles. The highest BCUT2D eigenvalue weighted by molar-refractivity contribution is 6.06. The van der Waals surface area contributed by atoms with Crippen molar-refractivity contribution in [3.63, 3.8) is 0 Å². The van der Waals surface area contributed by atoms with Crippen LogP contribution in [0.25, 0.3) is 0 Å². The molecule has 1 atom stereocenters. The van der Waals surface area contributed by atoms with Crippen LogP contribution in [0.2, 0.25) is 0 Å². The predicted molar refractivity (Wildman–Crippen MR) is 130 cm³/mol. The van der Waals surface area contributed by atoms with E-state index in [2.05, 4.69) is 33.1 Å². The molecule has 0 spiro atoms. The van der Waals surface area contributed by atoms with E-state index in [1.807, 2.05) is 43.3 Å². The Hall–Kier alpha value is -3.88. The third-order valence-corrected chi connectivity index (χ3v) is 5.78. The summed E-state index contributed by atoms with van der Waals surface area (Å²) in [6, 6.07) is 14.5. The lowest BCUT2D eigenvalue weighted by molar-refractivity contribution is -0.113. The number of fused-ring (bicyclic) bond motifs is 1. The number of nitrogens with one attached hydrogen (secondary N) is 2. The van der Waals surface area contributed by atoms with Gasteiger partial charge >= 0.3 is 0 Å². The quantitative estimate of drug-likeness (QED) is 0.426. The van der Waals surface area contributed by atoms with Gasteiger partial charge in [0.1, 0.15) is 17.5 Å². The molecule has 1 aliphatic rings. The summed E-state index contributed by atoms with van der Waals surface area (Å²) >= 11 is 0. The highest BCUT2D eigenvalue weighted by atomic mass is 16.5. The Balaban J connectivity index is 1.58. The van der Waals surface area contributed by atoms with Crippen molar-refractivity contribution < 1.29 is 14.3 Å². The molecule has 34 heavy (non-hydrogen) atoms. The van der Waals surface area contributed by atoms with Crippen LogP contribution in [0.4, 0.5) is 11.6 Å². The Kier molecular flexibility index (Phi) is 7.41. The van der Waals surface area contributed by atoms with Gasteiger partial charge in [-0.2, -0.15) is 4.68 Å². The van der Waals surface area contributed by atoms with E-state index in [0.717, 1.165) is 17.7 Å². The number of benzene rings is 2. The first-order chi connectivity index (χ1) is 16.6. The van der Waals surface area contributed by atoms with Crippen molar-refractivity contribution in [2.24, 2.45) is 0 Å². The van der Waals surface area contributed by atoms with Gasteiger partial charge in [-0.1, -0.05) is 55.6 Å². The summed E-state index contributed by atoms with van der Waals surface area (Å²) in [5.74, 6) is 1.59. The summed E-state index contributed by atoms with van der Waals surface area (Å²) in [6.07, 6.45) is 4.62. The maximum absolute atomic E-state index is 13.5. The van der Waals surface area contributed by atoms with E-state index in [0.29, 0.717) is 35.3 Å². The van der Waals surface area contributed by atoms with E-state index in [-0.39, 0.29) is 5.91 Å². The summed E-state index contributed by atoms with van der Waals surface area (Å²) < 4.78 is 12.9. The number of hydrogen-bond acceptors (Lipinski definition) is 7. The lowest BCUT2D eigenvalue weighted by atomic mass is 9.95. The monoisotopic (exact) mass is 462 g/mol. The molecule has 1 unspecified atom stereocenters. The summed E-state index contributed by atoms with van der Waals surface area (Å²) in [5.41, 5.74) is 2.65. The number of tetrazole rings is 1. The molecule has 1 aliphatic heterocycles. The molecule has 1 amide bonds. The first kappa shape index (κ1) is 23.3. The highest BCUT2D eigenvalue weighted by Gasteiger charge is 2.34. The van der Waals surface area contributed by atoms with Crippen LogP contribution in [0.5, 0.6) is 11.5 Å². The second-order valence-electron chi connectivity index (χ2n) is 8.15. The van der Waals surface area contributed by atoms with E-state index < -0.39 is 6.04 Å². The summed E-state index contributed by atoms with van der Waals surface area (Å²) in [5, 5.41) is 18.1. The fraction of sp³-hybridized carbons (Fsp3) is 0.360. The molecule has 2 aromatic carbocycles. The molecule has 9 heteroatoms. The molecule has 0 radical (unpaired) electrons. The van der Waals surface area contributed by atoms with E-state index >= 15 is 0 Å². The molecule has 2 N–H and O–H groups in total. The van der Waals surface area contributed by atoms with Crippen LogP contribution in [0.15, 0.2) is 59.8 Å². The Morgan fingerprint density at radius 3 is 2.68 bits per heavy atom. The Morgan fingerprint density at radius 2 is 1.91 bits per heavy atom. The minimum Gasteiger partial charge on any atom is -0.495 e. The fourth-order valence-corrected chi connectivity index (χ4v) is 4.02. The van der Waals surface area contributed by atoms with Crippen LogP contribution in [-0.4, -0.2) is 39.8 Å². The van der Waals surface area contributed by atoms with Crippen LogP contribution in [-0.2, 0) is 4.79 Å². The number of hydrogen-bond donors (Lipinski definition) is 2. The van der Waals surface area contributed by atoms with Crippen molar-refractivity contribution in [2.75, 3.05) is 24.4 Å². The van der Waals surface area contributed by atoms with Crippen molar-refractivity contribution in [3.05, 3.63) is 65.4 Å². The van der Waals surface area contributed by atoms with Crippen LogP contribution >= 0.6 is 0 Å². The number of allylic oxidation sites excluding steroid dienone is 1. The van der Waals surface area contributed by atoms with Gasteiger partial charge < -0.3 is 20.1 Å². The first-order valence-corrected chi connectivity index (χ1v) is 11.5. The predicted octanol–water partition coefficient (Wildman–Crippen LogP) is 4.57. The number of para-hydroxylation sites is 2. The molecular formula is C25H30N6O3. The van der Waals surface area contributed by atoms with Gasteiger partial charge in [-0.25, -0.2) is 0 Å². The molecule has 0 aliphatic carbocycles. The maximum atomic E-state index is 13.5. The van der Waals surface area contributed by atoms with E-state index in [4.69, 9.17) is 9.47 Å². The van der Waals surface area contributed by atoms with E-state index in [1.165, 1.54) is 19.3 Å². The SMILES string of the molecule is CCCCCCOc1ccc(C2C(C(=O)Nc3ccccc3OC)=C(C)Nc3nnnn32)cc1. The highest BCUT2D eigenvalue weighted by Crippen LogP contribution is 2.36. The van der Waals surface area contributed by atoms with Gasteiger partial charge in [-0.15, -0.1) is 0 Å². The Morgan fingerprint density at radius 1 is 1.12 bits per heavy atom. The molecule has 0 saturated heterocycles. The average Bonchev–Trinajstić information content (AvgIpc) is 3.32. The zero-order valence-corrected chi connectivity index (χ0v) is 19.7. The molecule has 9 nitrogen and oxygen atoms in total. The van der Waals surface area contributed by atoms with Gasteiger partial charge in [-0.05, 0) is 53.6 Å². The van der Waals surface area contributed by atoms with Crippen LogP contribution < -0.4 is 20.1 Å². The van der Waals surface area contributed by atoms with Gasteiger partial charge in [0.15, 0.2) is 0 Å². The number of nitrogens with zero attached hydrogens (tertiary/aromatic N) is 4. The molecule has 0 fully saturated rings. The summed E-state index contributed by atoms with van der Waals surface area (Å²) in [6.45, 7) is 4.73. The van der Waals surface area contributed by atoms with Crippen molar-refractivity contribution in [2.45, 2.75) is 45.6 Å². The van der Waals surface area contributed by atoms with Crippen LogP contribution in [0.3, 0.4) is 0 Å². The minimum atomic E-state index is -0.500. The number of aromatic nitrogens is 4. The van der Waals surface area contributed by atoms with Gasteiger partial charge in [0.25, 0.3) is 5.91 Å². The van der Waals surface area contributed by atoms with Crippen molar-refractivity contribution in [3.8, 4) is 11.5 Å². The molecule has 178 valence electrons. The number of carbonyl (C=O) groups is 1. The fourth-order valence-electron chi connectivity index (χ4n) is 4.02. The minimum absolute atomic E-state index is 0.267. The molecule has 0 bridgehead atoms. The normalized spacial score (nSPS) is 14.9. The molecular weight excluding hydrogens is 432 g/mol. The lowest BCUT2D eigenvalue weighted by Crippen LogP contribution is -2.31. The number of ether oxygens (including phenoxy) is 2. The van der Waals surface area contributed by atoms with Gasteiger partial charge in [-0.3, -0.25) is 4.79 Å². The molecule has 1 aromatic heterocycles. The number of rotatable bonds is 10. The molecule has 3 aromatic rings. The zero-order chi connectivity index (χ0) is 23.9. The van der Waals surface area contributed by atoms with Crippen molar-refractivity contribution in [1.82, 2.24) is 20.2 Å². The standard InChI is InChI=1S/C25H30N6O3/c1-4-5-6-9-16-34-19-14-12-18(13-15-19)23-22(17(2)26-25-28-29-30-31(23)25)24(32)27-20-10-7-8-11-21(20)33-3/h7-8,10-15,23H,4-6,9,16H2,1-3H3,(H,27,32)(H,26,28,30).